The Labute approximate surface area is 81.3 Å². The Morgan fingerprint density at radius 2 is 2.15 bits per heavy atom. The minimum atomic E-state index is -0.245. The molecule has 1 rings (SSSR count). The standard InChI is InChI=1S/C9H10ClNO2/c10-5-9(13)11-6-7-3-1-2-4-8(7)12/h1-4,12H,5-6H2,(H,11,13). The molecule has 0 aliphatic rings. The van der Waals surface area contributed by atoms with Crippen LogP contribution in [0.1, 0.15) is 5.56 Å². The molecule has 0 aliphatic carbocycles. The summed E-state index contributed by atoms with van der Waals surface area (Å²) in [4.78, 5) is 10.8. The molecule has 0 saturated heterocycles. The summed E-state index contributed by atoms with van der Waals surface area (Å²) in [6.45, 7) is 0.304. The van der Waals surface area contributed by atoms with E-state index in [1.54, 1.807) is 24.3 Å². The molecular formula is C9H10ClNO2. The summed E-state index contributed by atoms with van der Waals surface area (Å²) in [5.41, 5.74) is 0.681. The van der Waals surface area contributed by atoms with Gasteiger partial charge in [-0.3, -0.25) is 4.79 Å². The SMILES string of the molecule is O=C(CCl)NCc1ccccc1O. The second-order valence-electron chi connectivity index (χ2n) is 2.54. The smallest absolute Gasteiger partial charge is 0.235 e. The van der Waals surface area contributed by atoms with E-state index in [4.69, 9.17) is 11.6 Å². The fraction of sp³-hybridized carbons (Fsp3) is 0.222. The summed E-state index contributed by atoms with van der Waals surface area (Å²) < 4.78 is 0. The van der Waals surface area contributed by atoms with Crippen LogP contribution in [-0.4, -0.2) is 16.9 Å². The lowest BCUT2D eigenvalue weighted by Gasteiger charge is -2.04. The third-order valence-electron chi connectivity index (χ3n) is 1.59. The number of halogens is 1. The van der Waals surface area contributed by atoms with Gasteiger partial charge in [0.2, 0.25) is 5.91 Å². The molecule has 0 spiro atoms. The largest absolute Gasteiger partial charge is 0.508 e. The Morgan fingerprint density at radius 1 is 1.46 bits per heavy atom. The predicted molar refractivity (Wildman–Crippen MR) is 50.7 cm³/mol. The molecule has 13 heavy (non-hydrogen) atoms. The van der Waals surface area contributed by atoms with Gasteiger partial charge in [0, 0.05) is 12.1 Å². The maximum absolute atomic E-state index is 10.8. The van der Waals surface area contributed by atoms with Gasteiger partial charge in [0.15, 0.2) is 0 Å². The average Bonchev–Trinajstić information content (AvgIpc) is 2.16. The molecule has 0 atom stereocenters. The summed E-state index contributed by atoms with van der Waals surface area (Å²) in [5, 5.41) is 11.9. The molecule has 2 N–H and O–H groups in total. The molecule has 0 fully saturated rings. The van der Waals surface area contributed by atoms with E-state index in [0.717, 1.165) is 0 Å². The molecule has 0 bridgehead atoms. The number of carbonyl (C=O) groups is 1. The lowest BCUT2D eigenvalue weighted by Crippen LogP contribution is -2.23. The Morgan fingerprint density at radius 3 is 2.77 bits per heavy atom. The van der Waals surface area contributed by atoms with E-state index in [9.17, 15) is 9.90 Å². The van der Waals surface area contributed by atoms with Gasteiger partial charge in [0.05, 0.1) is 0 Å². The second kappa shape index (κ2) is 4.72. The van der Waals surface area contributed by atoms with Gasteiger partial charge in [0.25, 0.3) is 0 Å². The minimum absolute atomic E-state index is 0.0619. The van der Waals surface area contributed by atoms with Crippen LogP contribution in [0, 0.1) is 0 Å². The summed E-state index contributed by atoms with van der Waals surface area (Å²) in [7, 11) is 0. The number of carbonyl (C=O) groups excluding carboxylic acids is 1. The molecule has 0 aliphatic heterocycles. The van der Waals surface area contributed by atoms with Crippen LogP contribution >= 0.6 is 11.6 Å². The van der Waals surface area contributed by atoms with E-state index in [1.165, 1.54) is 0 Å². The Hall–Kier alpha value is -1.22. The molecule has 0 aromatic heterocycles. The number of rotatable bonds is 3. The number of alkyl halides is 1. The van der Waals surface area contributed by atoms with Gasteiger partial charge >= 0.3 is 0 Å². The van der Waals surface area contributed by atoms with Gasteiger partial charge in [0.1, 0.15) is 11.6 Å². The van der Waals surface area contributed by atoms with Crippen molar-refractivity contribution in [1.29, 1.82) is 0 Å². The van der Waals surface area contributed by atoms with Crippen LogP contribution in [-0.2, 0) is 11.3 Å². The third kappa shape index (κ3) is 2.95. The van der Waals surface area contributed by atoms with Gasteiger partial charge in [-0.2, -0.15) is 0 Å². The number of benzene rings is 1. The quantitative estimate of drug-likeness (QED) is 0.720. The van der Waals surface area contributed by atoms with Crippen LogP contribution in [0.15, 0.2) is 24.3 Å². The van der Waals surface area contributed by atoms with Crippen molar-refractivity contribution in [2.45, 2.75) is 6.54 Å². The summed E-state index contributed by atoms with van der Waals surface area (Å²) >= 11 is 5.28. The summed E-state index contributed by atoms with van der Waals surface area (Å²) in [6, 6.07) is 6.83. The Balaban J connectivity index is 2.54. The van der Waals surface area contributed by atoms with E-state index in [1.807, 2.05) is 0 Å². The number of nitrogens with one attached hydrogen (secondary N) is 1. The third-order valence-corrected chi connectivity index (χ3v) is 1.83. The highest BCUT2D eigenvalue weighted by molar-refractivity contribution is 6.27. The zero-order chi connectivity index (χ0) is 9.68. The van der Waals surface area contributed by atoms with Gasteiger partial charge in [-0.05, 0) is 6.07 Å². The second-order valence-corrected chi connectivity index (χ2v) is 2.81. The number of aromatic hydroxyl groups is 1. The maximum Gasteiger partial charge on any atom is 0.235 e. The monoisotopic (exact) mass is 199 g/mol. The molecule has 0 saturated carbocycles. The topological polar surface area (TPSA) is 49.3 Å². The van der Waals surface area contributed by atoms with Crippen molar-refractivity contribution in [2.75, 3.05) is 5.88 Å². The zero-order valence-corrected chi connectivity index (χ0v) is 7.71. The highest BCUT2D eigenvalue weighted by Crippen LogP contribution is 2.14. The van der Waals surface area contributed by atoms with Crippen LogP contribution in [0.2, 0.25) is 0 Å². The molecule has 0 heterocycles. The fourth-order valence-corrected chi connectivity index (χ4v) is 0.996. The molecule has 4 heteroatoms. The van der Waals surface area contributed by atoms with Crippen LogP contribution in [0.4, 0.5) is 0 Å². The van der Waals surface area contributed by atoms with Crippen LogP contribution < -0.4 is 5.32 Å². The van der Waals surface area contributed by atoms with E-state index in [2.05, 4.69) is 5.32 Å². The van der Waals surface area contributed by atoms with Crippen molar-refractivity contribution >= 4 is 17.5 Å². The lowest BCUT2D eigenvalue weighted by atomic mass is 10.2. The van der Waals surface area contributed by atoms with E-state index < -0.39 is 0 Å². The highest BCUT2D eigenvalue weighted by Gasteiger charge is 2.01. The first-order valence-corrected chi connectivity index (χ1v) is 4.37. The zero-order valence-electron chi connectivity index (χ0n) is 6.96. The predicted octanol–water partition coefficient (Wildman–Crippen LogP) is 1.25. The maximum atomic E-state index is 10.8. The van der Waals surface area contributed by atoms with Crippen molar-refractivity contribution in [3.8, 4) is 5.75 Å². The van der Waals surface area contributed by atoms with Gasteiger partial charge in [-0.25, -0.2) is 0 Å². The minimum Gasteiger partial charge on any atom is -0.508 e. The van der Waals surface area contributed by atoms with Gasteiger partial charge in [-0.1, -0.05) is 18.2 Å². The van der Waals surface area contributed by atoms with Gasteiger partial charge < -0.3 is 10.4 Å². The first-order valence-electron chi connectivity index (χ1n) is 3.83. The van der Waals surface area contributed by atoms with E-state index in [0.29, 0.717) is 12.1 Å². The fourth-order valence-electron chi connectivity index (χ4n) is 0.901. The first kappa shape index (κ1) is 9.86. The molecule has 1 amide bonds. The van der Waals surface area contributed by atoms with Crippen molar-refractivity contribution in [1.82, 2.24) is 5.32 Å². The number of phenols is 1. The number of phenolic OH excluding ortho intramolecular Hbond substituents is 1. The molecular weight excluding hydrogens is 190 g/mol. The Bertz CT molecular complexity index is 301. The highest BCUT2D eigenvalue weighted by atomic mass is 35.5. The first-order chi connectivity index (χ1) is 6.24. The number of para-hydroxylation sites is 1. The van der Waals surface area contributed by atoms with Crippen molar-refractivity contribution in [2.24, 2.45) is 0 Å². The summed E-state index contributed by atoms with van der Waals surface area (Å²) in [5.74, 6) is -0.129. The van der Waals surface area contributed by atoms with Crippen molar-refractivity contribution in [3.63, 3.8) is 0 Å². The van der Waals surface area contributed by atoms with E-state index in [-0.39, 0.29) is 17.5 Å². The molecule has 3 nitrogen and oxygen atoms in total. The van der Waals surface area contributed by atoms with Crippen molar-refractivity contribution < 1.29 is 9.90 Å². The lowest BCUT2D eigenvalue weighted by molar-refractivity contribution is -0.118. The normalized spacial score (nSPS) is 9.62. The number of hydrogen-bond acceptors (Lipinski definition) is 2. The van der Waals surface area contributed by atoms with Crippen LogP contribution in [0.3, 0.4) is 0 Å². The molecule has 0 unspecified atom stereocenters. The Kier molecular flexibility index (Phi) is 3.58. The van der Waals surface area contributed by atoms with Crippen molar-refractivity contribution in [3.05, 3.63) is 29.8 Å². The number of amides is 1. The molecule has 70 valence electrons. The molecule has 1 aromatic rings. The van der Waals surface area contributed by atoms with Crippen LogP contribution in [0.5, 0.6) is 5.75 Å². The molecule has 1 aromatic carbocycles. The van der Waals surface area contributed by atoms with E-state index >= 15 is 0 Å². The molecule has 0 radical (unpaired) electrons. The van der Waals surface area contributed by atoms with Crippen LogP contribution in [0.25, 0.3) is 0 Å². The summed E-state index contributed by atoms with van der Waals surface area (Å²) in [6.07, 6.45) is 0. The van der Waals surface area contributed by atoms with Gasteiger partial charge in [-0.15, -0.1) is 11.6 Å². The average molecular weight is 200 g/mol. The number of hydrogen-bond donors (Lipinski definition) is 2.